The van der Waals surface area contributed by atoms with E-state index < -0.39 is 15.3 Å². The lowest BCUT2D eigenvalue weighted by Crippen LogP contribution is -2.47. The van der Waals surface area contributed by atoms with Crippen LogP contribution in [0.2, 0.25) is 0 Å². The van der Waals surface area contributed by atoms with Crippen LogP contribution in [0.25, 0.3) is 11.0 Å². The summed E-state index contributed by atoms with van der Waals surface area (Å²) < 4.78 is 24.8. The van der Waals surface area contributed by atoms with Gasteiger partial charge in [0.15, 0.2) is 0 Å². The molecule has 1 aromatic heterocycles. The number of nitrogens with two attached hydrogens (primary N) is 1. The minimum Gasteiger partial charge on any atom is -0.331 e. The summed E-state index contributed by atoms with van der Waals surface area (Å²) in [4.78, 5) is 4.65. The molecule has 3 rings (SSSR count). The number of hydrogen-bond acceptors (Lipinski definition) is 4. The van der Waals surface area contributed by atoms with Crippen LogP contribution in [0.1, 0.15) is 18.7 Å². The van der Waals surface area contributed by atoms with E-state index in [4.69, 9.17) is 5.14 Å². The van der Waals surface area contributed by atoms with Crippen molar-refractivity contribution in [2.24, 2.45) is 12.2 Å². The highest BCUT2D eigenvalue weighted by Crippen LogP contribution is 2.19. The van der Waals surface area contributed by atoms with E-state index in [1.165, 1.54) is 0 Å². The van der Waals surface area contributed by atoms with Crippen LogP contribution in [0.15, 0.2) is 24.3 Å². The molecule has 0 saturated carbocycles. The summed E-state index contributed by atoms with van der Waals surface area (Å²) in [5, 5.41) is 8.02. The van der Waals surface area contributed by atoms with Gasteiger partial charge in [-0.05, 0) is 25.0 Å². The predicted molar refractivity (Wildman–Crippen MR) is 82.3 cm³/mol. The average molecular weight is 308 g/mol. The van der Waals surface area contributed by atoms with Crippen molar-refractivity contribution in [1.82, 2.24) is 14.9 Å². The Kier molecular flexibility index (Phi) is 3.73. The van der Waals surface area contributed by atoms with Gasteiger partial charge in [0.05, 0.1) is 16.3 Å². The molecule has 0 radical (unpaired) electrons. The highest BCUT2D eigenvalue weighted by molar-refractivity contribution is 7.89. The molecule has 0 amide bonds. The number of sulfonamides is 1. The quantitative estimate of drug-likeness (QED) is 0.865. The first kappa shape index (κ1) is 14.5. The molecule has 0 spiro atoms. The Bertz CT molecular complexity index is 745. The van der Waals surface area contributed by atoms with Crippen molar-refractivity contribution >= 4 is 21.1 Å². The molecule has 0 aliphatic carbocycles. The molecule has 2 atom stereocenters. The fourth-order valence-corrected chi connectivity index (χ4v) is 3.74. The molecule has 2 heterocycles. The molecule has 114 valence electrons. The molecule has 21 heavy (non-hydrogen) atoms. The van der Waals surface area contributed by atoms with Gasteiger partial charge in [-0.1, -0.05) is 12.1 Å². The van der Waals surface area contributed by atoms with E-state index in [0.717, 1.165) is 29.7 Å². The zero-order valence-corrected chi connectivity index (χ0v) is 12.8. The fourth-order valence-electron chi connectivity index (χ4n) is 2.94. The smallest absolute Gasteiger partial charge is 0.213 e. The maximum absolute atomic E-state index is 11.3. The summed E-state index contributed by atoms with van der Waals surface area (Å²) in [6.45, 7) is 0.424. The van der Waals surface area contributed by atoms with E-state index in [2.05, 4.69) is 20.9 Å². The summed E-state index contributed by atoms with van der Waals surface area (Å²) in [7, 11) is -1.42. The highest BCUT2D eigenvalue weighted by atomic mass is 32.2. The van der Waals surface area contributed by atoms with Crippen LogP contribution in [0.4, 0.5) is 0 Å². The van der Waals surface area contributed by atoms with Gasteiger partial charge in [0.1, 0.15) is 5.82 Å². The lowest BCUT2D eigenvalue weighted by atomic mass is 10.0. The minimum atomic E-state index is -3.43. The topological polar surface area (TPSA) is 90.0 Å². The molecule has 6 nitrogen and oxygen atoms in total. The number of rotatable bonds is 3. The molecule has 0 bridgehead atoms. The second kappa shape index (κ2) is 5.40. The Hall–Kier alpha value is -1.44. The van der Waals surface area contributed by atoms with Crippen LogP contribution < -0.4 is 10.5 Å². The molecule has 3 N–H and O–H groups in total. The van der Waals surface area contributed by atoms with Crippen molar-refractivity contribution in [2.45, 2.75) is 30.6 Å². The van der Waals surface area contributed by atoms with Crippen molar-refractivity contribution in [1.29, 1.82) is 0 Å². The second-order valence-electron chi connectivity index (χ2n) is 5.67. The number of primary sulfonamides is 1. The molecule has 1 aliphatic heterocycles. The number of piperidine rings is 1. The standard InChI is InChI=1S/C14H20N4O2S/c1-18-13-5-3-2-4-12(13)17-14(18)8-10-6-7-11(9-16-10)21(15,19)20/h2-5,10-11,16H,6-9H2,1H3,(H2,15,19,20). The molecule has 2 aromatic rings. The number of fused-ring (bicyclic) bond motifs is 1. The van der Waals surface area contributed by atoms with Gasteiger partial charge in [-0.3, -0.25) is 0 Å². The van der Waals surface area contributed by atoms with Crippen LogP contribution in [-0.4, -0.2) is 35.8 Å². The van der Waals surface area contributed by atoms with Gasteiger partial charge < -0.3 is 9.88 Å². The number of hydrogen-bond donors (Lipinski definition) is 2. The number of aromatic nitrogens is 2. The van der Waals surface area contributed by atoms with Crippen LogP contribution >= 0.6 is 0 Å². The second-order valence-corrected chi connectivity index (χ2v) is 7.52. The molecule has 1 aliphatic rings. The number of benzene rings is 1. The van der Waals surface area contributed by atoms with Crippen LogP contribution in [-0.2, 0) is 23.5 Å². The molecule has 1 saturated heterocycles. The number of nitrogens with one attached hydrogen (secondary N) is 1. The maximum Gasteiger partial charge on any atom is 0.213 e. The molecule has 2 unspecified atom stereocenters. The highest BCUT2D eigenvalue weighted by Gasteiger charge is 2.28. The summed E-state index contributed by atoms with van der Waals surface area (Å²) in [6, 6.07) is 8.29. The first-order chi connectivity index (χ1) is 9.95. The van der Waals surface area contributed by atoms with Crippen molar-refractivity contribution in [2.75, 3.05) is 6.54 Å². The van der Waals surface area contributed by atoms with Gasteiger partial charge in [-0.2, -0.15) is 0 Å². The summed E-state index contributed by atoms with van der Waals surface area (Å²) in [6.07, 6.45) is 2.20. The van der Waals surface area contributed by atoms with Crippen molar-refractivity contribution < 1.29 is 8.42 Å². The monoisotopic (exact) mass is 308 g/mol. The van der Waals surface area contributed by atoms with Gasteiger partial charge in [0.2, 0.25) is 10.0 Å². The first-order valence-corrected chi connectivity index (χ1v) is 8.71. The fraction of sp³-hybridized carbons (Fsp3) is 0.500. The Morgan fingerprint density at radius 3 is 2.76 bits per heavy atom. The zero-order chi connectivity index (χ0) is 15.0. The maximum atomic E-state index is 11.3. The lowest BCUT2D eigenvalue weighted by Gasteiger charge is -2.28. The van der Waals surface area contributed by atoms with Crippen LogP contribution in [0, 0.1) is 0 Å². The van der Waals surface area contributed by atoms with E-state index in [9.17, 15) is 8.42 Å². The third-order valence-corrected chi connectivity index (χ3v) is 5.58. The Morgan fingerprint density at radius 2 is 2.14 bits per heavy atom. The van der Waals surface area contributed by atoms with E-state index in [1.54, 1.807) is 0 Å². The molecular weight excluding hydrogens is 288 g/mol. The van der Waals surface area contributed by atoms with E-state index in [0.29, 0.717) is 13.0 Å². The third-order valence-electron chi connectivity index (χ3n) is 4.24. The largest absolute Gasteiger partial charge is 0.331 e. The zero-order valence-electron chi connectivity index (χ0n) is 12.0. The van der Waals surface area contributed by atoms with Gasteiger partial charge in [-0.15, -0.1) is 0 Å². The number of imidazole rings is 1. The Balaban J connectivity index is 1.71. The van der Waals surface area contributed by atoms with Gasteiger partial charge in [0, 0.05) is 26.1 Å². The average Bonchev–Trinajstić information content (AvgIpc) is 2.76. The van der Waals surface area contributed by atoms with E-state index >= 15 is 0 Å². The SMILES string of the molecule is Cn1c(CC2CCC(S(N)(=O)=O)CN2)nc2ccccc21. The first-order valence-electron chi connectivity index (χ1n) is 7.10. The van der Waals surface area contributed by atoms with Gasteiger partial charge in [0.25, 0.3) is 0 Å². The van der Waals surface area contributed by atoms with Gasteiger partial charge >= 0.3 is 0 Å². The number of para-hydroxylation sites is 2. The Labute approximate surface area is 124 Å². The van der Waals surface area contributed by atoms with Gasteiger partial charge in [-0.25, -0.2) is 18.5 Å². The molecule has 1 fully saturated rings. The number of aryl methyl sites for hydroxylation is 1. The summed E-state index contributed by atoms with van der Waals surface area (Å²) >= 11 is 0. The lowest BCUT2D eigenvalue weighted by molar-refractivity contribution is 0.389. The molecular formula is C14H20N4O2S. The molecule has 7 heteroatoms. The normalized spacial score (nSPS) is 23.5. The van der Waals surface area contributed by atoms with Crippen molar-refractivity contribution in [3.8, 4) is 0 Å². The molecule has 1 aromatic carbocycles. The number of nitrogens with zero attached hydrogens (tertiary/aromatic N) is 2. The van der Waals surface area contributed by atoms with Crippen molar-refractivity contribution in [3.05, 3.63) is 30.1 Å². The predicted octanol–water partition coefficient (Wildman–Crippen LogP) is 0.525. The third kappa shape index (κ3) is 2.95. The summed E-state index contributed by atoms with van der Waals surface area (Å²) in [5.41, 5.74) is 2.11. The summed E-state index contributed by atoms with van der Waals surface area (Å²) in [5.74, 6) is 1.02. The van der Waals surface area contributed by atoms with Crippen LogP contribution in [0.3, 0.4) is 0 Å². The van der Waals surface area contributed by atoms with E-state index in [-0.39, 0.29) is 6.04 Å². The minimum absolute atomic E-state index is 0.249. The van der Waals surface area contributed by atoms with Crippen molar-refractivity contribution in [3.63, 3.8) is 0 Å². The van der Waals surface area contributed by atoms with E-state index in [1.807, 2.05) is 25.2 Å². The Morgan fingerprint density at radius 1 is 1.38 bits per heavy atom. The van der Waals surface area contributed by atoms with Crippen LogP contribution in [0.5, 0.6) is 0 Å².